The van der Waals surface area contributed by atoms with E-state index in [1.807, 2.05) is 36.5 Å². The van der Waals surface area contributed by atoms with Gasteiger partial charge in [-0.15, -0.1) is 0 Å². The summed E-state index contributed by atoms with van der Waals surface area (Å²) in [6, 6.07) is 12.9. The van der Waals surface area contributed by atoms with Gasteiger partial charge in [0, 0.05) is 23.6 Å². The van der Waals surface area contributed by atoms with E-state index in [0.29, 0.717) is 29.4 Å². The molecule has 0 bridgehead atoms. The molecular formula is C19H19Cl2N2O2+. The third-order valence-corrected chi connectivity index (χ3v) is 3.98. The Bertz CT molecular complexity index is 787. The van der Waals surface area contributed by atoms with Gasteiger partial charge >= 0.3 is 0 Å². The highest BCUT2D eigenvalue weighted by molar-refractivity contribution is 6.36. The van der Waals surface area contributed by atoms with Crippen LogP contribution in [0.5, 0.6) is 5.75 Å². The molecule has 25 heavy (non-hydrogen) atoms. The smallest absolute Gasteiger partial charge is 0.167 e. The van der Waals surface area contributed by atoms with Crippen LogP contribution in [0.4, 0.5) is 5.69 Å². The first kappa shape index (κ1) is 19.2. The molecule has 0 atom stereocenters. The second-order valence-electron chi connectivity index (χ2n) is 5.36. The molecule has 0 aliphatic heterocycles. The summed E-state index contributed by atoms with van der Waals surface area (Å²) in [5.74, 6) is 0.808. The molecule has 6 heteroatoms. The maximum absolute atomic E-state index is 10.8. The van der Waals surface area contributed by atoms with Crippen LogP contribution in [-0.4, -0.2) is 18.6 Å². The summed E-state index contributed by atoms with van der Waals surface area (Å²) in [6.07, 6.45) is 2.60. The third kappa shape index (κ3) is 6.02. The van der Waals surface area contributed by atoms with E-state index in [0.717, 1.165) is 22.7 Å². The Morgan fingerprint density at radius 2 is 1.92 bits per heavy atom. The number of ether oxygens (including phenoxy) is 1. The highest BCUT2D eigenvalue weighted by atomic mass is 35.5. The van der Waals surface area contributed by atoms with Crippen molar-refractivity contribution in [1.82, 2.24) is 0 Å². The maximum atomic E-state index is 10.8. The van der Waals surface area contributed by atoms with Crippen LogP contribution in [0.3, 0.4) is 0 Å². The number of rotatable bonds is 8. The van der Waals surface area contributed by atoms with Crippen molar-refractivity contribution in [3.63, 3.8) is 0 Å². The molecule has 0 saturated heterocycles. The summed E-state index contributed by atoms with van der Waals surface area (Å²) in [5, 5.41) is 10.6. The van der Waals surface area contributed by atoms with E-state index in [-0.39, 0.29) is 5.71 Å². The van der Waals surface area contributed by atoms with Crippen LogP contribution >= 0.6 is 23.2 Å². The van der Waals surface area contributed by atoms with Crippen LogP contribution in [0.1, 0.15) is 12.5 Å². The summed E-state index contributed by atoms with van der Waals surface area (Å²) < 4.78 is 5.44. The van der Waals surface area contributed by atoms with Crippen molar-refractivity contribution in [2.24, 2.45) is 0 Å². The average molecular weight is 378 g/mol. The number of benzene rings is 2. The highest BCUT2D eigenvalue weighted by Gasteiger charge is 2.11. The van der Waals surface area contributed by atoms with Crippen LogP contribution in [0.25, 0.3) is 0 Å². The number of carbonyl (C=O) groups is 1. The van der Waals surface area contributed by atoms with Crippen LogP contribution in [0, 0.1) is 5.41 Å². The van der Waals surface area contributed by atoms with Gasteiger partial charge in [-0.3, -0.25) is 15.5 Å². The predicted octanol–water partition coefficient (Wildman–Crippen LogP) is 3.93. The average Bonchev–Trinajstić information content (AvgIpc) is 2.59. The third-order valence-electron chi connectivity index (χ3n) is 3.41. The standard InChI is InChI=1S/C19H18Cl2N2O2/c1-2-25-17-6-3-13(4-7-17)9-16(11-15(22)12-24)23-19-8-5-14(20)10-18(19)21/h3-8,10-12,22-23H,2,9H2,1H3/p+1/b16-11-,22-15?. The molecule has 130 valence electrons. The minimum Gasteiger partial charge on any atom is -0.494 e. The Morgan fingerprint density at radius 1 is 1.20 bits per heavy atom. The minimum atomic E-state index is -0.0951. The van der Waals surface area contributed by atoms with E-state index in [4.69, 9.17) is 33.3 Å². The van der Waals surface area contributed by atoms with Crippen molar-refractivity contribution in [1.29, 1.82) is 5.41 Å². The Labute approximate surface area is 156 Å². The van der Waals surface area contributed by atoms with Crippen molar-refractivity contribution in [2.75, 3.05) is 6.61 Å². The molecule has 0 spiro atoms. The molecule has 3 N–H and O–H groups in total. The molecule has 0 fully saturated rings. The summed E-state index contributed by atoms with van der Waals surface area (Å²) in [6.45, 7) is 2.55. The van der Waals surface area contributed by atoms with Gasteiger partial charge in [0.25, 0.3) is 0 Å². The topological polar surface area (TPSA) is 66.8 Å². The van der Waals surface area contributed by atoms with E-state index in [1.165, 1.54) is 6.08 Å². The number of quaternary nitrogens is 1. The quantitative estimate of drug-likeness (QED) is 0.415. The van der Waals surface area contributed by atoms with E-state index in [2.05, 4.69) is 0 Å². The number of halogens is 2. The van der Waals surface area contributed by atoms with Gasteiger partial charge in [0.05, 0.1) is 12.3 Å². The molecule has 0 unspecified atom stereocenters. The van der Waals surface area contributed by atoms with Gasteiger partial charge in [-0.2, -0.15) is 0 Å². The predicted molar refractivity (Wildman–Crippen MR) is 101 cm³/mol. The SMILES string of the molecule is CCOc1ccc(C/C(=C/C(=N)C=O)[NH2+]c2ccc(Cl)cc2Cl)cc1. The molecular weight excluding hydrogens is 359 g/mol. The number of nitrogens with one attached hydrogen (secondary N) is 1. The number of hydrogen-bond donors (Lipinski definition) is 2. The van der Waals surface area contributed by atoms with Crippen LogP contribution < -0.4 is 10.1 Å². The minimum absolute atomic E-state index is 0.0951. The van der Waals surface area contributed by atoms with Gasteiger partial charge in [-0.1, -0.05) is 35.3 Å². The van der Waals surface area contributed by atoms with Crippen LogP contribution in [-0.2, 0) is 11.2 Å². The summed E-state index contributed by atoms with van der Waals surface area (Å²) in [5.41, 5.74) is 2.52. The van der Waals surface area contributed by atoms with Crippen molar-refractivity contribution >= 4 is 40.9 Å². The van der Waals surface area contributed by atoms with Crippen molar-refractivity contribution < 1.29 is 14.8 Å². The molecule has 0 aliphatic carbocycles. The molecule has 4 nitrogen and oxygen atoms in total. The normalized spacial score (nSPS) is 11.2. The molecule has 2 rings (SSSR count). The summed E-state index contributed by atoms with van der Waals surface area (Å²) in [4.78, 5) is 10.8. The lowest BCUT2D eigenvalue weighted by molar-refractivity contribution is -0.519. The Morgan fingerprint density at radius 3 is 2.52 bits per heavy atom. The molecule has 0 aromatic heterocycles. The second kappa shape index (κ2) is 9.37. The van der Waals surface area contributed by atoms with E-state index < -0.39 is 0 Å². The van der Waals surface area contributed by atoms with Gasteiger partial charge in [-0.05, 0) is 36.8 Å². The molecule has 2 aromatic rings. The lowest BCUT2D eigenvalue weighted by atomic mass is 10.1. The summed E-state index contributed by atoms with van der Waals surface area (Å²) >= 11 is 12.1. The zero-order chi connectivity index (χ0) is 18.2. The fourth-order valence-corrected chi connectivity index (χ4v) is 2.76. The fraction of sp³-hybridized carbons (Fsp3) is 0.158. The van der Waals surface area contributed by atoms with E-state index >= 15 is 0 Å². The first-order valence-corrected chi connectivity index (χ1v) is 8.53. The first-order valence-electron chi connectivity index (χ1n) is 7.77. The van der Waals surface area contributed by atoms with Crippen molar-refractivity contribution in [3.05, 3.63) is 69.8 Å². The number of allylic oxidation sites excluding steroid dienone is 2. The zero-order valence-corrected chi connectivity index (χ0v) is 15.3. The number of nitrogens with two attached hydrogens (primary N) is 1. The molecule has 0 heterocycles. The van der Waals surface area contributed by atoms with Crippen molar-refractivity contribution in [2.45, 2.75) is 13.3 Å². The number of aldehydes is 1. The molecule has 0 aliphatic rings. The molecule has 0 radical (unpaired) electrons. The monoisotopic (exact) mass is 377 g/mol. The van der Waals surface area contributed by atoms with Gasteiger partial charge in [0.2, 0.25) is 0 Å². The van der Waals surface area contributed by atoms with Crippen LogP contribution in [0.2, 0.25) is 10.0 Å². The Balaban J connectivity index is 2.22. The van der Waals surface area contributed by atoms with Gasteiger partial charge in [0.15, 0.2) is 12.0 Å². The van der Waals surface area contributed by atoms with Crippen LogP contribution in [0.15, 0.2) is 54.2 Å². The molecule has 2 aromatic carbocycles. The Hall–Kier alpha value is -2.14. The molecule has 0 saturated carbocycles. The van der Waals surface area contributed by atoms with E-state index in [1.54, 1.807) is 18.2 Å². The zero-order valence-electron chi connectivity index (χ0n) is 13.8. The van der Waals surface area contributed by atoms with Gasteiger partial charge < -0.3 is 4.74 Å². The van der Waals surface area contributed by atoms with Gasteiger partial charge in [0.1, 0.15) is 16.5 Å². The maximum Gasteiger partial charge on any atom is 0.167 e. The number of hydrogen-bond acceptors (Lipinski definition) is 3. The van der Waals surface area contributed by atoms with E-state index in [9.17, 15) is 4.79 Å². The largest absolute Gasteiger partial charge is 0.494 e. The first-order chi connectivity index (χ1) is 12.0. The fourth-order valence-electron chi connectivity index (χ4n) is 2.30. The highest BCUT2D eigenvalue weighted by Crippen LogP contribution is 2.22. The lowest BCUT2D eigenvalue weighted by Crippen LogP contribution is -2.76. The summed E-state index contributed by atoms with van der Waals surface area (Å²) in [7, 11) is 0. The van der Waals surface area contributed by atoms with Crippen molar-refractivity contribution in [3.8, 4) is 5.75 Å². The lowest BCUT2D eigenvalue weighted by Gasteiger charge is -2.09. The second-order valence-corrected chi connectivity index (χ2v) is 6.20. The number of carbonyl (C=O) groups excluding carboxylic acids is 1. The van der Waals surface area contributed by atoms with Gasteiger partial charge in [-0.25, -0.2) is 0 Å². The Kier molecular flexibility index (Phi) is 7.19. The molecule has 0 amide bonds.